The topological polar surface area (TPSA) is 858 Å². The Morgan fingerprint density at radius 1 is 0.357 bits per heavy atom. The SMILES string of the molecule is CC[C@H](C)[C@H](NC(=O)[C@H](Cc1ccc(O)cc1)NC(=O)[C@H](Cc1c[nH]cn1)NC(=O)[C@H](CCCNC(=N)N)NC(=O)[C@H](CC(C)C)NC(=O)[C@H](C)NC(=O)[C@@H](N)CO)C(=O)N[C@@H](CC(N)=O)C(=O)N[C@@H](CC(C)C)C(=O)N[C@H](C(=O)N[C@@H](Cc1ccc(O)cc1)C(=O)N[C@@H](CCCNC(=N)N)C(=O)N[C@@H](CCC(N)=O)C(=O)N[C@@H](CCCNC(=N)N)C(=O)N[C@@H](Cc1ccc(O)cc1)C(N)=O)[C@@H](C)CC. The van der Waals surface area contributed by atoms with E-state index >= 15 is 28.8 Å². The lowest BCUT2D eigenvalue weighted by Gasteiger charge is -2.31. The van der Waals surface area contributed by atoms with Crippen molar-refractivity contribution in [1.29, 1.82) is 16.2 Å². The number of rotatable bonds is 63. The Hall–Kier alpha value is -15.0. The standard InChI is InChI=1S/C90H141N29O21/c1-10-47(7)71(86(139)116-65(38-51-20-26-55(122)27-21-51)81(134)109-58(15-12-32-102-88(95)96)76(129)110-61(30-31-69(92)124)79(132)107-59(16-13-33-103-89(97)98)77(130)111-62(73(94)126)37-50-18-24-54(121)25-19-50)118-84(137)64(36-46(5)6)113-83(136)68(41-70(93)125)117-87(140)72(48(8)11-2)119-85(138)66(39-52-22-28-56(123)29-23-52)114-82(135)67(40-53-42-101-44-105-53)115-78(131)60(17-14-34-104-90(99)100)108-80(133)63(35-45(3)4)112-74(127)49(9)106-75(128)57(91)43-120/h18-29,42,44-49,57-68,71-72,120-123H,10-17,30-41,43,91H2,1-9H3,(H2,92,124)(H2,93,125)(H2,94,126)(H,101,105)(H,106,128)(H,107,132)(H,108,133)(H,109,134)(H,110,129)(H,111,130)(H,112,127)(H,113,136)(H,114,135)(H,115,131)(H,116,139)(H,117,140)(H,118,137)(H,119,138)(H4,95,96,102)(H4,97,98,103)(H4,99,100,104)/t47-,48-,49-,57-,58-,59-,60-,61-,62-,63-,64-,65-,66-,67-,68-,71-,72-/m0/s1. The van der Waals surface area contributed by atoms with E-state index in [0.717, 1.165) is 0 Å². The van der Waals surface area contributed by atoms with Gasteiger partial charge < -0.3 is 156 Å². The Morgan fingerprint density at radius 3 is 0.993 bits per heavy atom. The van der Waals surface area contributed by atoms with E-state index in [1.807, 2.05) is 0 Å². The molecule has 772 valence electrons. The molecule has 0 radical (unpaired) electrons. The van der Waals surface area contributed by atoms with E-state index in [4.69, 9.17) is 56.4 Å². The number of aliphatic hydroxyl groups excluding tert-OH is 1. The maximum Gasteiger partial charge on any atom is 0.243 e. The summed E-state index contributed by atoms with van der Waals surface area (Å²) in [6.45, 7) is 13.9. The van der Waals surface area contributed by atoms with Gasteiger partial charge in [-0.15, -0.1) is 0 Å². The van der Waals surface area contributed by atoms with Crippen LogP contribution in [0.5, 0.6) is 17.2 Å². The summed E-state index contributed by atoms with van der Waals surface area (Å²) < 4.78 is 0. The van der Waals surface area contributed by atoms with Gasteiger partial charge in [-0.25, -0.2) is 4.98 Å². The Bertz CT molecular complexity index is 4840. The maximum atomic E-state index is 15.2. The molecule has 4 aromatic rings. The average Bonchev–Trinajstić information content (AvgIpc) is 1.17. The number of amides is 17. The number of aliphatic hydroxyl groups is 1. The van der Waals surface area contributed by atoms with Crippen LogP contribution in [-0.2, 0) is 107 Å². The number of imidazole rings is 1. The van der Waals surface area contributed by atoms with Crippen molar-refractivity contribution in [2.75, 3.05) is 26.2 Å². The van der Waals surface area contributed by atoms with Crippen LogP contribution in [0.1, 0.15) is 168 Å². The molecule has 4 rings (SSSR count). The molecule has 3 aromatic carbocycles. The molecule has 0 aliphatic heterocycles. The van der Waals surface area contributed by atoms with Crippen LogP contribution in [0.3, 0.4) is 0 Å². The number of aromatic hydroxyl groups is 3. The molecule has 17 amide bonds. The van der Waals surface area contributed by atoms with Gasteiger partial charge in [0.2, 0.25) is 100 Å². The molecule has 0 unspecified atom stereocenters. The average molecular weight is 1970 g/mol. The zero-order valence-electron chi connectivity index (χ0n) is 80.1. The Balaban J connectivity index is 1.72. The van der Waals surface area contributed by atoms with Gasteiger partial charge in [-0.2, -0.15) is 0 Å². The first-order valence-electron chi connectivity index (χ1n) is 46.0. The summed E-state index contributed by atoms with van der Waals surface area (Å²) in [5, 5.41) is 107. The van der Waals surface area contributed by atoms with Gasteiger partial charge >= 0.3 is 0 Å². The first kappa shape index (κ1) is 117. The molecular formula is C90H141N29O21. The fraction of sp³-hybridized carbons (Fsp3) is 0.544. The second-order valence-electron chi connectivity index (χ2n) is 35.1. The third-order valence-electron chi connectivity index (χ3n) is 22.4. The Morgan fingerprint density at radius 2 is 0.657 bits per heavy atom. The number of phenols is 3. The molecule has 0 saturated heterocycles. The number of benzene rings is 3. The zero-order valence-corrected chi connectivity index (χ0v) is 80.1. The first-order chi connectivity index (χ1) is 66.0. The van der Waals surface area contributed by atoms with Gasteiger partial charge in [0.15, 0.2) is 17.9 Å². The van der Waals surface area contributed by atoms with E-state index in [1.54, 1.807) is 55.4 Å². The largest absolute Gasteiger partial charge is 0.508 e. The van der Waals surface area contributed by atoms with E-state index in [1.165, 1.54) is 92.2 Å². The van der Waals surface area contributed by atoms with Gasteiger partial charge in [0.25, 0.3) is 0 Å². The lowest BCUT2D eigenvalue weighted by atomic mass is 9.95. The quantitative estimate of drug-likeness (QED) is 0.0111. The van der Waals surface area contributed by atoms with Crippen LogP contribution >= 0.6 is 0 Å². The van der Waals surface area contributed by atoms with E-state index in [0.29, 0.717) is 16.7 Å². The maximum absolute atomic E-state index is 15.2. The smallest absolute Gasteiger partial charge is 0.243 e. The van der Waals surface area contributed by atoms with Gasteiger partial charge in [0.05, 0.1) is 25.0 Å². The van der Waals surface area contributed by atoms with Gasteiger partial charge in [-0.3, -0.25) is 97.7 Å². The number of H-pyrrole nitrogens is 1. The molecule has 0 aliphatic carbocycles. The second-order valence-corrected chi connectivity index (χ2v) is 35.1. The number of guanidine groups is 3. The van der Waals surface area contributed by atoms with Crippen molar-refractivity contribution in [1.82, 2.24) is 100 Å². The normalized spacial score (nSPS) is 14.8. The van der Waals surface area contributed by atoms with Crippen molar-refractivity contribution in [3.8, 4) is 17.2 Å². The number of carbonyl (C=O) groups is 17. The van der Waals surface area contributed by atoms with Gasteiger partial charge in [-0.05, 0) is 141 Å². The van der Waals surface area contributed by atoms with Crippen molar-refractivity contribution in [3.05, 3.63) is 108 Å². The predicted octanol–water partition coefficient (Wildman–Crippen LogP) is -6.48. The molecule has 0 bridgehead atoms. The van der Waals surface area contributed by atoms with Crippen LogP contribution in [0.25, 0.3) is 0 Å². The Labute approximate surface area is 810 Å². The Kier molecular flexibility index (Phi) is 50.2. The highest BCUT2D eigenvalue weighted by Gasteiger charge is 2.41. The minimum absolute atomic E-state index is 0.00513. The number of hydrogen-bond donors (Lipinski definition) is 32. The van der Waals surface area contributed by atoms with Crippen molar-refractivity contribution >= 4 is 118 Å². The van der Waals surface area contributed by atoms with Gasteiger partial charge in [0.1, 0.15) is 108 Å². The third-order valence-corrected chi connectivity index (χ3v) is 22.4. The fourth-order valence-corrected chi connectivity index (χ4v) is 14.2. The minimum atomic E-state index is -1.91. The number of hydrogen-bond acceptors (Lipinski definition) is 26. The number of primary amides is 3. The molecule has 0 saturated carbocycles. The number of nitrogens with zero attached hydrogens (tertiary/aromatic N) is 1. The summed E-state index contributed by atoms with van der Waals surface area (Å²) in [4.78, 5) is 249. The van der Waals surface area contributed by atoms with Crippen molar-refractivity contribution in [2.45, 2.75) is 262 Å². The summed E-state index contributed by atoms with van der Waals surface area (Å²) in [6.07, 6.45) is -0.992. The molecule has 140 heavy (non-hydrogen) atoms. The third kappa shape index (κ3) is 43.1. The van der Waals surface area contributed by atoms with Crippen molar-refractivity contribution in [2.24, 2.45) is 63.8 Å². The zero-order chi connectivity index (χ0) is 105. The van der Waals surface area contributed by atoms with Gasteiger partial charge in [0, 0.05) is 57.9 Å². The number of phenolic OH excluding ortho intramolecular Hbond substituents is 3. The molecular weight excluding hydrogens is 1820 g/mol. The van der Waals surface area contributed by atoms with Gasteiger partial charge in [-0.1, -0.05) is 105 Å². The molecule has 50 nitrogen and oxygen atoms in total. The molecule has 0 spiro atoms. The summed E-state index contributed by atoms with van der Waals surface area (Å²) >= 11 is 0. The highest BCUT2D eigenvalue weighted by Crippen LogP contribution is 2.21. The number of nitrogens with one attached hydrogen (secondary N) is 21. The van der Waals surface area contributed by atoms with Crippen LogP contribution in [0.2, 0.25) is 0 Å². The lowest BCUT2D eigenvalue weighted by Crippen LogP contribution is -2.62. The molecule has 0 fully saturated rings. The van der Waals surface area contributed by atoms with E-state index < -0.39 is 253 Å². The minimum Gasteiger partial charge on any atom is -0.508 e. The highest BCUT2D eigenvalue weighted by molar-refractivity contribution is 6.02. The molecule has 17 atom stereocenters. The number of aromatic amines is 1. The highest BCUT2D eigenvalue weighted by atomic mass is 16.3. The first-order valence-corrected chi connectivity index (χ1v) is 46.0. The predicted molar refractivity (Wildman–Crippen MR) is 512 cm³/mol. The van der Waals surface area contributed by atoms with E-state index in [2.05, 4.69) is 100 Å². The summed E-state index contributed by atoms with van der Waals surface area (Å²) in [7, 11) is 0. The monoisotopic (exact) mass is 1960 g/mol. The summed E-state index contributed by atoms with van der Waals surface area (Å²) in [5.74, 6) is -21.2. The molecule has 50 heteroatoms. The molecule has 1 aromatic heterocycles. The van der Waals surface area contributed by atoms with Crippen LogP contribution in [-0.4, -0.2) is 266 Å². The number of carbonyl (C=O) groups excluding carboxylic acids is 17. The molecule has 39 N–H and O–H groups in total. The lowest BCUT2D eigenvalue weighted by molar-refractivity contribution is -0.137. The van der Waals surface area contributed by atoms with Crippen molar-refractivity contribution < 1.29 is 102 Å². The van der Waals surface area contributed by atoms with E-state index in [-0.39, 0.29) is 138 Å². The summed E-state index contributed by atoms with van der Waals surface area (Å²) in [5.41, 5.74) is 40.6. The van der Waals surface area contributed by atoms with Crippen LogP contribution in [0, 0.1) is 39.9 Å². The number of nitrogens with two attached hydrogens (primary N) is 7. The summed E-state index contributed by atoms with van der Waals surface area (Å²) in [6, 6.07) is -6.92. The molecule has 0 aliphatic rings. The van der Waals surface area contributed by atoms with E-state index in [9.17, 15) is 73.2 Å². The van der Waals surface area contributed by atoms with Crippen LogP contribution in [0.4, 0.5) is 0 Å². The van der Waals surface area contributed by atoms with Crippen LogP contribution in [0.15, 0.2) is 85.3 Å². The van der Waals surface area contributed by atoms with Crippen molar-refractivity contribution in [3.63, 3.8) is 0 Å². The number of aromatic nitrogens is 2. The van der Waals surface area contributed by atoms with Crippen LogP contribution < -0.4 is 131 Å². The fourth-order valence-electron chi connectivity index (χ4n) is 14.2. The second kappa shape index (κ2) is 59.9. The molecule has 1 heterocycles.